The van der Waals surface area contributed by atoms with Crippen molar-refractivity contribution >= 4 is 5.97 Å². The van der Waals surface area contributed by atoms with Crippen LogP contribution in [0.4, 0.5) is 0 Å². The Morgan fingerprint density at radius 2 is 2.00 bits per heavy atom. The molecular formula is C11H20O2. The fraction of sp³-hybridized carbons (Fsp3) is 0.727. The van der Waals surface area contributed by atoms with Gasteiger partial charge in [-0.15, -0.1) is 0 Å². The van der Waals surface area contributed by atoms with Crippen LogP contribution in [-0.2, 0) is 9.53 Å². The van der Waals surface area contributed by atoms with Crippen molar-refractivity contribution in [1.29, 1.82) is 0 Å². The van der Waals surface area contributed by atoms with Gasteiger partial charge in [-0.2, -0.15) is 0 Å². The zero-order valence-corrected chi connectivity index (χ0v) is 9.09. The third kappa shape index (κ3) is 6.38. The second kappa shape index (κ2) is 5.79. The average molecular weight is 184 g/mol. The minimum Gasteiger partial charge on any atom is -0.463 e. The first-order chi connectivity index (χ1) is 6.02. The Morgan fingerprint density at radius 1 is 1.38 bits per heavy atom. The molecule has 0 atom stereocenters. The summed E-state index contributed by atoms with van der Waals surface area (Å²) >= 11 is 0. The van der Waals surface area contributed by atoms with Gasteiger partial charge in [-0.3, -0.25) is 0 Å². The number of carbonyl (C=O) groups excluding carboxylic acids is 1. The van der Waals surface area contributed by atoms with Crippen LogP contribution in [0.5, 0.6) is 0 Å². The molecular weight excluding hydrogens is 164 g/mol. The molecule has 0 amide bonds. The maximum absolute atomic E-state index is 11.0. The molecule has 2 heteroatoms. The van der Waals surface area contributed by atoms with Crippen molar-refractivity contribution in [2.75, 3.05) is 6.61 Å². The van der Waals surface area contributed by atoms with Crippen LogP contribution in [0.2, 0.25) is 0 Å². The van der Waals surface area contributed by atoms with E-state index in [1.54, 1.807) is 0 Å². The quantitative estimate of drug-likeness (QED) is 0.485. The molecule has 0 aliphatic heterocycles. The van der Waals surface area contributed by atoms with Crippen molar-refractivity contribution in [1.82, 2.24) is 0 Å². The van der Waals surface area contributed by atoms with E-state index >= 15 is 0 Å². The minimum atomic E-state index is -0.244. The van der Waals surface area contributed by atoms with Crippen molar-refractivity contribution in [3.8, 4) is 0 Å². The van der Waals surface area contributed by atoms with E-state index in [0.29, 0.717) is 6.61 Å². The third-order valence-electron chi connectivity index (χ3n) is 1.85. The molecule has 0 radical (unpaired) electrons. The summed E-state index contributed by atoms with van der Waals surface area (Å²) in [6.45, 7) is 8.62. The monoisotopic (exact) mass is 184 g/mol. The predicted molar refractivity (Wildman–Crippen MR) is 54.5 cm³/mol. The summed E-state index contributed by atoms with van der Waals surface area (Å²) in [5, 5.41) is 0. The van der Waals surface area contributed by atoms with Crippen LogP contribution < -0.4 is 0 Å². The highest BCUT2D eigenvalue weighted by Crippen LogP contribution is 2.23. The van der Waals surface area contributed by atoms with E-state index in [-0.39, 0.29) is 11.4 Å². The van der Waals surface area contributed by atoms with Crippen LogP contribution in [0.3, 0.4) is 0 Å². The molecule has 76 valence electrons. The van der Waals surface area contributed by atoms with Gasteiger partial charge in [0.05, 0.1) is 6.61 Å². The van der Waals surface area contributed by atoms with Crippen molar-refractivity contribution in [2.45, 2.75) is 40.5 Å². The van der Waals surface area contributed by atoms with Crippen molar-refractivity contribution in [2.24, 2.45) is 5.41 Å². The van der Waals surface area contributed by atoms with E-state index in [4.69, 9.17) is 4.74 Å². The molecule has 2 nitrogen and oxygen atoms in total. The van der Waals surface area contributed by atoms with Gasteiger partial charge in [-0.05, 0) is 18.8 Å². The summed E-state index contributed by atoms with van der Waals surface area (Å²) in [5.41, 5.74) is 0.0987. The average Bonchev–Trinajstić information content (AvgIpc) is 2.02. The molecule has 0 N–H and O–H groups in total. The Balaban J connectivity index is 4.01. The van der Waals surface area contributed by atoms with E-state index in [2.05, 4.69) is 20.8 Å². The van der Waals surface area contributed by atoms with Crippen molar-refractivity contribution in [3.05, 3.63) is 12.2 Å². The molecule has 0 bridgehead atoms. The minimum absolute atomic E-state index is 0.0987. The molecule has 0 saturated carbocycles. The lowest BCUT2D eigenvalue weighted by Crippen LogP contribution is -2.08. The number of esters is 1. The summed E-state index contributed by atoms with van der Waals surface area (Å²) in [7, 11) is 0. The lowest BCUT2D eigenvalue weighted by Gasteiger charge is -2.18. The molecule has 0 aromatic carbocycles. The third-order valence-corrected chi connectivity index (χ3v) is 1.85. The Bertz CT molecular complexity index is 181. The van der Waals surface area contributed by atoms with E-state index in [1.165, 1.54) is 6.08 Å². The Morgan fingerprint density at radius 3 is 2.46 bits per heavy atom. The molecule has 13 heavy (non-hydrogen) atoms. The van der Waals surface area contributed by atoms with Gasteiger partial charge in [0.25, 0.3) is 0 Å². The first-order valence-electron chi connectivity index (χ1n) is 4.88. The standard InChI is InChI=1S/C11H20O2/c1-5-8-11(3,4)9-7-10(12)13-6-2/h7,9H,5-6,8H2,1-4H3/b9-7+. The molecule has 0 unspecified atom stereocenters. The van der Waals surface area contributed by atoms with Gasteiger partial charge in [0.2, 0.25) is 0 Å². The normalized spacial score (nSPS) is 12.0. The summed E-state index contributed by atoms with van der Waals surface area (Å²) in [4.78, 5) is 11.0. The number of carbonyl (C=O) groups is 1. The summed E-state index contributed by atoms with van der Waals surface area (Å²) in [5.74, 6) is -0.244. The molecule has 0 aromatic rings. The van der Waals surface area contributed by atoms with Crippen LogP contribution in [-0.4, -0.2) is 12.6 Å². The summed E-state index contributed by atoms with van der Waals surface area (Å²) in [6, 6.07) is 0. The second-order valence-electron chi connectivity index (χ2n) is 3.82. The first-order valence-corrected chi connectivity index (χ1v) is 4.88. The first kappa shape index (κ1) is 12.2. The summed E-state index contributed by atoms with van der Waals surface area (Å²) in [6.07, 6.45) is 5.66. The number of hydrogen-bond acceptors (Lipinski definition) is 2. The van der Waals surface area contributed by atoms with E-state index in [0.717, 1.165) is 12.8 Å². The molecule has 0 aliphatic rings. The largest absolute Gasteiger partial charge is 0.463 e. The van der Waals surface area contributed by atoms with Gasteiger partial charge in [-0.1, -0.05) is 33.3 Å². The topological polar surface area (TPSA) is 26.3 Å². The van der Waals surface area contributed by atoms with Crippen molar-refractivity contribution < 1.29 is 9.53 Å². The van der Waals surface area contributed by atoms with Gasteiger partial charge < -0.3 is 4.74 Å². The van der Waals surface area contributed by atoms with Gasteiger partial charge in [0.15, 0.2) is 0 Å². The zero-order valence-electron chi connectivity index (χ0n) is 9.09. The molecule has 0 saturated heterocycles. The molecule has 0 heterocycles. The highest BCUT2D eigenvalue weighted by atomic mass is 16.5. The SMILES string of the molecule is CCCC(C)(C)/C=C/C(=O)OCC. The van der Waals surface area contributed by atoms with Crippen LogP contribution >= 0.6 is 0 Å². The maximum Gasteiger partial charge on any atom is 0.330 e. The van der Waals surface area contributed by atoms with E-state index in [1.807, 2.05) is 13.0 Å². The number of hydrogen-bond donors (Lipinski definition) is 0. The number of rotatable bonds is 5. The zero-order chi connectivity index (χ0) is 10.3. The fourth-order valence-electron chi connectivity index (χ4n) is 1.21. The van der Waals surface area contributed by atoms with Gasteiger partial charge in [0.1, 0.15) is 0 Å². The second-order valence-corrected chi connectivity index (χ2v) is 3.82. The molecule has 0 fully saturated rings. The highest BCUT2D eigenvalue weighted by Gasteiger charge is 2.12. The summed E-state index contributed by atoms with van der Waals surface area (Å²) < 4.78 is 4.79. The molecule has 0 aromatic heterocycles. The van der Waals surface area contributed by atoms with Gasteiger partial charge in [-0.25, -0.2) is 4.79 Å². The van der Waals surface area contributed by atoms with Crippen LogP contribution in [0.25, 0.3) is 0 Å². The Labute approximate surface area is 81.0 Å². The van der Waals surface area contributed by atoms with Crippen LogP contribution in [0.1, 0.15) is 40.5 Å². The molecule has 0 spiro atoms. The van der Waals surface area contributed by atoms with Gasteiger partial charge in [0, 0.05) is 6.08 Å². The Kier molecular flexibility index (Phi) is 5.44. The number of allylic oxidation sites excluding steroid dienone is 1. The molecule has 0 aliphatic carbocycles. The lowest BCUT2D eigenvalue weighted by molar-refractivity contribution is -0.137. The predicted octanol–water partition coefficient (Wildman–Crippen LogP) is 2.93. The van der Waals surface area contributed by atoms with Crippen LogP contribution in [0.15, 0.2) is 12.2 Å². The Hall–Kier alpha value is -0.790. The van der Waals surface area contributed by atoms with Gasteiger partial charge >= 0.3 is 5.97 Å². The smallest absolute Gasteiger partial charge is 0.330 e. The van der Waals surface area contributed by atoms with Crippen LogP contribution in [0, 0.1) is 5.41 Å². The maximum atomic E-state index is 11.0. The van der Waals surface area contributed by atoms with E-state index in [9.17, 15) is 4.79 Å². The van der Waals surface area contributed by atoms with Crippen molar-refractivity contribution in [3.63, 3.8) is 0 Å². The fourth-order valence-corrected chi connectivity index (χ4v) is 1.21. The number of ether oxygens (including phenoxy) is 1. The lowest BCUT2D eigenvalue weighted by atomic mass is 9.88. The molecule has 0 rings (SSSR count). The highest BCUT2D eigenvalue weighted by molar-refractivity contribution is 5.81. The van der Waals surface area contributed by atoms with E-state index < -0.39 is 0 Å².